The lowest BCUT2D eigenvalue weighted by Gasteiger charge is -2.14. The average Bonchev–Trinajstić information content (AvgIpc) is 3.30. The van der Waals surface area contributed by atoms with E-state index in [1.54, 1.807) is 0 Å². The van der Waals surface area contributed by atoms with E-state index in [1.807, 2.05) is 0 Å². The van der Waals surface area contributed by atoms with Crippen molar-refractivity contribution in [2.24, 2.45) is 0 Å². The summed E-state index contributed by atoms with van der Waals surface area (Å²) < 4.78 is 0. The highest BCUT2D eigenvalue weighted by atomic mass is 15.1. The van der Waals surface area contributed by atoms with Crippen LogP contribution in [-0.2, 0) is 12.8 Å². The molecule has 138 valence electrons. The Morgan fingerprint density at radius 2 is 1.81 bits per heavy atom. The molecule has 3 heterocycles. The van der Waals surface area contributed by atoms with E-state index in [-0.39, 0.29) is 0 Å². The number of aromatic nitrogens is 1. The smallest absolute Gasteiger partial charge is 0.0498 e. The Morgan fingerprint density at radius 1 is 1.00 bits per heavy atom. The first-order valence-electron chi connectivity index (χ1n) is 10.2. The van der Waals surface area contributed by atoms with Gasteiger partial charge in [0.2, 0.25) is 0 Å². The topological polar surface area (TPSA) is 31.1 Å². The van der Waals surface area contributed by atoms with Gasteiger partial charge in [0.25, 0.3) is 0 Å². The fourth-order valence-electron chi connectivity index (χ4n) is 4.63. The SMILES string of the molecule is C=C1NCCc2c(-c3ccc(CCN4CCCC4)cc3)[nH]c3cccc1c23. The Morgan fingerprint density at radius 3 is 2.63 bits per heavy atom. The number of hydrogen-bond acceptors (Lipinski definition) is 2. The van der Waals surface area contributed by atoms with E-state index >= 15 is 0 Å². The van der Waals surface area contributed by atoms with Gasteiger partial charge in [0.05, 0.1) is 0 Å². The van der Waals surface area contributed by atoms with Crippen LogP contribution in [0.25, 0.3) is 27.9 Å². The van der Waals surface area contributed by atoms with Crippen molar-refractivity contribution in [2.75, 3.05) is 26.2 Å². The van der Waals surface area contributed by atoms with Gasteiger partial charge in [-0.3, -0.25) is 0 Å². The number of aromatic amines is 1. The second kappa shape index (κ2) is 6.90. The Labute approximate surface area is 161 Å². The van der Waals surface area contributed by atoms with Crippen molar-refractivity contribution < 1.29 is 0 Å². The van der Waals surface area contributed by atoms with E-state index in [4.69, 9.17) is 0 Å². The number of likely N-dealkylation sites (tertiary alicyclic amines) is 1. The van der Waals surface area contributed by atoms with E-state index in [0.29, 0.717) is 0 Å². The van der Waals surface area contributed by atoms with Crippen molar-refractivity contribution in [3.05, 3.63) is 65.7 Å². The Hall–Kier alpha value is -2.52. The third-order valence-electron chi connectivity index (χ3n) is 6.12. The summed E-state index contributed by atoms with van der Waals surface area (Å²) in [7, 11) is 0. The van der Waals surface area contributed by atoms with Crippen molar-refractivity contribution >= 4 is 16.6 Å². The van der Waals surface area contributed by atoms with E-state index < -0.39 is 0 Å². The second-order valence-electron chi connectivity index (χ2n) is 7.86. The third-order valence-corrected chi connectivity index (χ3v) is 6.12. The van der Waals surface area contributed by atoms with E-state index in [0.717, 1.165) is 25.1 Å². The van der Waals surface area contributed by atoms with Crippen LogP contribution in [0, 0.1) is 0 Å². The fraction of sp³-hybridized carbons (Fsp3) is 0.333. The lowest BCUT2D eigenvalue weighted by molar-refractivity contribution is 0.343. The first-order chi connectivity index (χ1) is 13.3. The van der Waals surface area contributed by atoms with Crippen LogP contribution in [0.2, 0.25) is 0 Å². The molecule has 2 aliphatic rings. The van der Waals surface area contributed by atoms with Gasteiger partial charge in [0.1, 0.15) is 0 Å². The Bertz CT molecular complexity index is 975. The lowest BCUT2D eigenvalue weighted by Crippen LogP contribution is -2.21. The number of H-pyrrole nitrogens is 1. The number of rotatable bonds is 4. The molecule has 3 nitrogen and oxygen atoms in total. The van der Waals surface area contributed by atoms with Crippen LogP contribution in [0.5, 0.6) is 0 Å². The van der Waals surface area contributed by atoms with Gasteiger partial charge in [-0.2, -0.15) is 0 Å². The maximum Gasteiger partial charge on any atom is 0.0498 e. The predicted molar refractivity (Wildman–Crippen MR) is 114 cm³/mol. The van der Waals surface area contributed by atoms with Gasteiger partial charge in [-0.15, -0.1) is 0 Å². The predicted octanol–water partition coefficient (Wildman–Crippen LogP) is 4.59. The molecule has 0 radical (unpaired) electrons. The first kappa shape index (κ1) is 16.6. The molecule has 0 unspecified atom stereocenters. The van der Waals surface area contributed by atoms with Crippen molar-refractivity contribution in [3.8, 4) is 11.3 Å². The molecule has 0 aliphatic carbocycles. The molecule has 1 fully saturated rings. The largest absolute Gasteiger partial charge is 0.385 e. The monoisotopic (exact) mass is 357 g/mol. The van der Waals surface area contributed by atoms with Gasteiger partial charge in [-0.25, -0.2) is 0 Å². The Balaban J connectivity index is 1.45. The molecular weight excluding hydrogens is 330 g/mol. The van der Waals surface area contributed by atoms with Crippen molar-refractivity contribution in [3.63, 3.8) is 0 Å². The molecule has 1 aromatic heterocycles. The summed E-state index contributed by atoms with van der Waals surface area (Å²) in [4.78, 5) is 6.26. The molecule has 3 heteroatoms. The van der Waals surface area contributed by atoms with Crippen LogP contribution < -0.4 is 5.32 Å². The molecule has 2 aromatic carbocycles. The van der Waals surface area contributed by atoms with Crippen molar-refractivity contribution in [1.82, 2.24) is 15.2 Å². The highest BCUT2D eigenvalue weighted by molar-refractivity contribution is 5.99. The number of benzene rings is 2. The second-order valence-corrected chi connectivity index (χ2v) is 7.86. The third kappa shape index (κ3) is 3.06. The number of nitrogens with one attached hydrogen (secondary N) is 2. The number of hydrogen-bond donors (Lipinski definition) is 2. The van der Waals surface area contributed by atoms with Gasteiger partial charge >= 0.3 is 0 Å². The zero-order chi connectivity index (χ0) is 18.2. The zero-order valence-electron chi connectivity index (χ0n) is 15.9. The summed E-state index contributed by atoms with van der Waals surface area (Å²) >= 11 is 0. The quantitative estimate of drug-likeness (QED) is 0.715. The molecule has 27 heavy (non-hydrogen) atoms. The van der Waals surface area contributed by atoms with Crippen molar-refractivity contribution in [2.45, 2.75) is 25.7 Å². The average molecular weight is 358 g/mol. The summed E-state index contributed by atoms with van der Waals surface area (Å²) in [5.74, 6) is 0. The normalized spacial score (nSPS) is 17.3. The fourth-order valence-corrected chi connectivity index (χ4v) is 4.63. The molecule has 0 bridgehead atoms. The molecule has 2 aliphatic heterocycles. The molecule has 0 spiro atoms. The molecule has 5 rings (SSSR count). The molecule has 0 saturated carbocycles. The van der Waals surface area contributed by atoms with E-state index in [2.05, 4.69) is 64.2 Å². The van der Waals surface area contributed by atoms with Gasteiger partial charge in [0, 0.05) is 40.9 Å². The molecule has 2 N–H and O–H groups in total. The van der Waals surface area contributed by atoms with Crippen LogP contribution in [0.1, 0.15) is 29.5 Å². The molecule has 3 aromatic rings. The van der Waals surface area contributed by atoms with Gasteiger partial charge in [-0.1, -0.05) is 43.0 Å². The van der Waals surface area contributed by atoms with Crippen LogP contribution in [-0.4, -0.2) is 36.1 Å². The van der Waals surface area contributed by atoms with E-state index in [9.17, 15) is 0 Å². The lowest BCUT2D eigenvalue weighted by atomic mass is 9.99. The minimum atomic E-state index is 0.932. The summed E-state index contributed by atoms with van der Waals surface area (Å²) in [6, 6.07) is 15.6. The first-order valence-corrected chi connectivity index (χ1v) is 10.2. The molecule has 1 saturated heterocycles. The summed E-state index contributed by atoms with van der Waals surface area (Å²) in [6.07, 6.45) is 4.90. The van der Waals surface area contributed by atoms with Crippen molar-refractivity contribution in [1.29, 1.82) is 0 Å². The summed E-state index contributed by atoms with van der Waals surface area (Å²) in [5.41, 5.74) is 8.86. The number of nitrogens with zero attached hydrogens (tertiary/aromatic N) is 1. The molecular formula is C24H27N3. The minimum absolute atomic E-state index is 0.932. The molecule has 0 amide bonds. The highest BCUT2D eigenvalue weighted by Gasteiger charge is 2.19. The van der Waals surface area contributed by atoms with Crippen LogP contribution in [0.3, 0.4) is 0 Å². The highest BCUT2D eigenvalue weighted by Crippen LogP contribution is 2.36. The van der Waals surface area contributed by atoms with Crippen LogP contribution in [0.15, 0.2) is 49.0 Å². The Kier molecular flexibility index (Phi) is 4.25. The zero-order valence-corrected chi connectivity index (χ0v) is 15.9. The van der Waals surface area contributed by atoms with Crippen LogP contribution in [0.4, 0.5) is 0 Å². The van der Waals surface area contributed by atoms with Gasteiger partial charge in [-0.05, 0) is 61.5 Å². The van der Waals surface area contributed by atoms with Gasteiger partial charge in [0.15, 0.2) is 0 Å². The summed E-state index contributed by atoms with van der Waals surface area (Å²) in [6.45, 7) is 8.89. The molecule has 0 atom stereocenters. The standard InChI is InChI=1S/C24H27N3/c1-17-20-5-4-6-22-23(20)21(11-13-25-17)24(26-22)19-9-7-18(8-10-19)12-16-27-14-2-3-15-27/h4-10,25-26H,1-3,11-16H2. The maximum absolute atomic E-state index is 4.22. The summed E-state index contributed by atoms with van der Waals surface area (Å²) in [5, 5.41) is 4.79. The maximum atomic E-state index is 4.22. The van der Waals surface area contributed by atoms with E-state index in [1.165, 1.54) is 71.3 Å². The minimum Gasteiger partial charge on any atom is -0.385 e. The van der Waals surface area contributed by atoms with Gasteiger partial charge < -0.3 is 15.2 Å². The van der Waals surface area contributed by atoms with Crippen LogP contribution >= 0.6 is 0 Å².